The first-order valence-corrected chi connectivity index (χ1v) is 10.7. The average Bonchev–Trinajstić information content (AvgIpc) is 3.63. The third-order valence-corrected chi connectivity index (χ3v) is 5.31. The first-order chi connectivity index (χ1) is 16.0. The number of alkyl halides is 3. The number of pyridine rings is 1. The zero-order valence-corrected chi connectivity index (χ0v) is 19.0. The molecule has 1 aliphatic carbocycles. The second kappa shape index (κ2) is 10.3. The van der Waals surface area contributed by atoms with Crippen LogP contribution in [0.3, 0.4) is 0 Å². The molecule has 1 aromatic carbocycles. The van der Waals surface area contributed by atoms with E-state index < -0.39 is 24.3 Å². The lowest BCUT2D eigenvalue weighted by Crippen LogP contribution is -2.14. The number of amides is 1. The molecule has 0 bridgehead atoms. The summed E-state index contributed by atoms with van der Waals surface area (Å²) in [4.78, 5) is 25.0. The summed E-state index contributed by atoms with van der Waals surface area (Å²) in [6.07, 6.45) is 2.10. The largest absolute Gasteiger partial charge is 0.507 e. The number of anilines is 1. The molecule has 34 heavy (non-hydrogen) atoms. The van der Waals surface area contributed by atoms with Crippen LogP contribution in [0, 0.1) is 12.7 Å². The van der Waals surface area contributed by atoms with Crippen molar-refractivity contribution in [2.45, 2.75) is 45.2 Å². The number of carbonyl (C=O) groups excluding carboxylic acids is 1. The van der Waals surface area contributed by atoms with Gasteiger partial charge in [0.2, 0.25) is 0 Å². The van der Waals surface area contributed by atoms with Crippen molar-refractivity contribution in [3.63, 3.8) is 0 Å². The molecule has 0 radical (unpaired) electrons. The number of halogens is 5. The molecule has 180 valence electrons. The Hall–Kier alpha value is -3.27. The van der Waals surface area contributed by atoms with E-state index in [2.05, 4.69) is 20.3 Å². The van der Waals surface area contributed by atoms with Crippen LogP contribution < -0.4 is 5.32 Å². The predicted molar refractivity (Wildman–Crippen MR) is 119 cm³/mol. The Balaban J connectivity index is 0.000000481. The average molecular weight is 497 g/mol. The molecule has 1 fully saturated rings. The molecule has 2 N–H and O–H groups in total. The highest BCUT2D eigenvalue weighted by atomic mass is 35.5. The molecule has 11 heteroatoms. The van der Waals surface area contributed by atoms with E-state index in [1.54, 1.807) is 19.2 Å². The van der Waals surface area contributed by atoms with Crippen molar-refractivity contribution >= 4 is 23.2 Å². The summed E-state index contributed by atoms with van der Waals surface area (Å²) in [5.41, 5.74) is 2.02. The lowest BCUT2D eigenvalue weighted by Gasteiger charge is -2.12. The highest BCUT2D eigenvalue weighted by molar-refractivity contribution is 6.33. The number of rotatable bonds is 4. The first-order valence-electron chi connectivity index (χ1n) is 10.3. The monoisotopic (exact) mass is 496 g/mol. The van der Waals surface area contributed by atoms with E-state index in [0.717, 1.165) is 31.5 Å². The van der Waals surface area contributed by atoms with Crippen molar-refractivity contribution in [1.82, 2.24) is 15.0 Å². The van der Waals surface area contributed by atoms with Gasteiger partial charge in [0.05, 0.1) is 28.8 Å². The van der Waals surface area contributed by atoms with Gasteiger partial charge in [-0.05, 0) is 43.5 Å². The van der Waals surface area contributed by atoms with Gasteiger partial charge < -0.3 is 10.4 Å². The minimum atomic E-state index is -3.96. The molecule has 4 rings (SSSR count). The summed E-state index contributed by atoms with van der Waals surface area (Å²) in [5.74, 6) is -1.32. The van der Waals surface area contributed by atoms with Crippen molar-refractivity contribution < 1.29 is 27.5 Å². The van der Waals surface area contributed by atoms with Gasteiger partial charge in [-0.2, -0.15) is 13.2 Å². The molecule has 6 nitrogen and oxygen atoms in total. The first kappa shape index (κ1) is 25.4. The standard InChI is InChI=1S/C20H16ClFN4O2.C3H5F3/c1-10-4-5-23-19(21)18(10)26-20(28)13-6-14(22)12(7-17(13)27)16-9-24-15(8-25-16)11-2-3-11;1-2-3(4,5)6/h4-9,11,27H,2-3H2,1H3,(H,26,28);2H2,1H3. The van der Waals surface area contributed by atoms with Crippen LogP contribution in [0.4, 0.5) is 23.2 Å². The van der Waals surface area contributed by atoms with Gasteiger partial charge in [-0.3, -0.25) is 14.8 Å². The smallest absolute Gasteiger partial charge is 0.388 e. The summed E-state index contributed by atoms with van der Waals surface area (Å²) in [6.45, 7) is 2.83. The lowest BCUT2D eigenvalue weighted by molar-refractivity contribution is -0.130. The number of nitrogens with zero attached hydrogens (tertiary/aromatic N) is 3. The van der Waals surface area contributed by atoms with Crippen LogP contribution in [0.25, 0.3) is 11.3 Å². The van der Waals surface area contributed by atoms with E-state index in [1.807, 2.05) is 0 Å². The van der Waals surface area contributed by atoms with Crippen molar-refractivity contribution in [2.75, 3.05) is 5.32 Å². The lowest BCUT2D eigenvalue weighted by atomic mass is 10.1. The van der Waals surface area contributed by atoms with Gasteiger partial charge >= 0.3 is 6.18 Å². The zero-order chi connectivity index (χ0) is 25.0. The van der Waals surface area contributed by atoms with Crippen molar-refractivity contribution in [3.05, 3.63) is 64.6 Å². The number of aryl methyl sites for hydroxylation is 1. The maximum atomic E-state index is 14.6. The summed E-state index contributed by atoms with van der Waals surface area (Å²) in [7, 11) is 0. The Bertz CT molecular complexity index is 1160. The number of aromatic hydroxyl groups is 1. The number of aromatic nitrogens is 3. The summed E-state index contributed by atoms with van der Waals surface area (Å²) < 4.78 is 47.0. The summed E-state index contributed by atoms with van der Waals surface area (Å²) >= 11 is 6.00. The number of phenols is 1. The minimum absolute atomic E-state index is 0.0690. The van der Waals surface area contributed by atoms with Crippen LogP contribution in [-0.2, 0) is 0 Å². The Morgan fingerprint density at radius 1 is 1.21 bits per heavy atom. The van der Waals surface area contributed by atoms with Crippen LogP contribution in [0.1, 0.15) is 53.7 Å². The fourth-order valence-electron chi connectivity index (χ4n) is 2.86. The fraction of sp³-hybridized carbons (Fsp3) is 0.304. The maximum Gasteiger partial charge on any atom is 0.388 e. The number of phenolic OH excluding ortho intramolecular Hbond substituents is 1. The zero-order valence-electron chi connectivity index (χ0n) is 18.2. The van der Waals surface area contributed by atoms with Crippen molar-refractivity contribution in [1.29, 1.82) is 0 Å². The molecule has 0 spiro atoms. The van der Waals surface area contributed by atoms with Gasteiger partial charge in [-0.15, -0.1) is 0 Å². The predicted octanol–water partition coefficient (Wildman–Crippen LogP) is 6.43. The van der Waals surface area contributed by atoms with E-state index in [-0.39, 0.29) is 27.7 Å². The second-order valence-electron chi connectivity index (χ2n) is 7.67. The fourth-order valence-corrected chi connectivity index (χ4v) is 3.12. The molecule has 2 heterocycles. The molecule has 1 saturated carbocycles. The third-order valence-electron chi connectivity index (χ3n) is 5.03. The van der Waals surface area contributed by atoms with Gasteiger partial charge in [-0.25, -0.2) is 9.37 Å². The highest BCUT2D eigenvalue weighted by Crippen LogP contribution is 2.39. The number of hydrogen-bond acceptors (Lipinski definition) is 5. The quantitative estimate of drug-likeness (QED) is 0.321. The van der Waals surface area contributed by atoms with Gasteiger partial charge in [-0.1, -0.05) is 18.5 Å². The molecule has 0 atom stereocenters. The Morgan fingerprint density at radius 2 is 1.88 bits per heavy atom. The molecular formula is C23H21ClF4N4O2. The molecule has 2 aromatic heterocycles. The van der Waals surface area contributed by atoms with Crippen LogP contribution in [0.2, 0.25) is 5.15 Å². The normalized spacial score (nSPS) is 13.1. The molecule has 0 unspecified atom stereocenters. The molecular weight excluding hydrogens is 476 g/mol. The maximum absolute atomic E-state index is 14.6. The van der Waals surface area contributed by atoms with Crippen LogP contribution >= 0.6 is 11.6 Å². The van der Waals surface area contributed by atoms with E-state index in [4.69, 9.17) is 11.6 Å². The molecule has 3 aromatic rings. The topological polar surface area (TPSA) is 88.0 Å². The van der Waals surface area contributed by atoms with Gasteiger partial charge in [0.25, 0.3) is 5.91 Å². The van der Waals surface area contributed by atoms with Gasteiger partial charge in [0.15, 0.2) is 5.15 Å². The van der Waals surface area contributed by atoms with E-state index >= 15 is 0 Å². The molecule has 1 aliphatic rings. The highest BCUT2D eigenvalue weighted by Gasteiger charge is 2.26. The third kappa shape index (κ3) is 6.40. The number of nitrogens with one attached hydrogen (secondary N) is 1. The van der Waals surface area contributed by atoms with Crippen LogP contribution in [0.5, 0.6) is 5.75 Å². The Morgan fingerprint density at radius 3 is 2.41 bits per heavy atom. The minimum Gasteiger partial charge on any atom is -0.507 e. The van der Waals surface area contributed by atoms with Crippen LogP contribution in [0.15, 0.2) is 36.8 Å². The van der Waals surface area contributed by atoms with Crippen molar-refractivity contribution in [3.8, 4) is 17.0 Å². The van der Waals surface area contributed by atoms with Crippen molar-refractivity contribution in [2.24, 2.45) is 0 Å². The SMILES string of the molecule is CCC(F)(F)F.Cc1ccnc(Cl)c1NC(=O)c1cc(F)c(-c2cnc(C3CC3)cn2)cc1O. The van der Waals surface area contributed by atoms with E-state index in [1.165, 1.54) is 18.5 Å². The number of hydrogen-bond donors (Lipinski definition) is 2. The number of carbonyl (C=O) groups is 1. The Kier molecular flexibility index (Phi) is 7.71. The molecule has 1 amide bonds. The molecule has 0 saturated heterocycles. The second-order valence-corrected chi connectivity index (χ2v) is 8.02. The van der Waals surface area contributed by atoms with E-state index in [9.17, 15) is 27.5 Å². The van der Waals surface area contributed by atoms with Gasteiger partial charge in [0.1, 0.15) is 11.6 Å². The summed E-state index contributed by atoms with van der Waals surface area (Å²) in [5, 5.41) is 13.0. The van der Waals surface area contributed by atoms with E-state index in [0.29, 0.717) is 17.2 Å². The summed E-state index contributed by atoms with van der Waals surface area (Å²) in [6, 6.07) is 3.81. The molecule has 0 aliphatic heterocycles. The van der Waals surface area contributed by atoms with Crippen LogP contribution in [-0.4, -0.2) is 32.1 Å². The van der Waals surface area contributed by atoms with Gasteiger partial charge in [0, 0.05) is 30.3 Å². The number of benzene rings is 1. The Labute approximate surface area is 198 Å².